The Labute approximate surface area is 314 Å². The summed E-state index contributed by atoms with van der Waals surface area (Å²) in [6.07, 6.45) is 17.4. The molecule has 1 saturated heterocycles. The predicted octanol–water partition coefficient (Wildman–Crippen LogP) is 5.61. The number of nitrogens with one attached hydrogen (secondary N) is 1. The van der Waals surface area contributed by atoms with Crippen LogP contribution in [0.2, 0.25) is 0 Å². The molecule has 4 aliphatic rings. The number of piperazine rings is 1. The average molecular weight is 729 g/mol. The second kappa shape index (κ2) is 18.3. The standard InChI is InChI=1S/C42H56N4O7/c1-9-35(53-22-14-21-49-6)37(52-10-2)19-17-28(3)25-44(5)26-29(4)45-27-39(47)46-34(42(45)48)24-32-31-15-12-11-13-16-33(31)43-40(32)41(46)30-18-20-36(50-7)38(23-30)51-8/h9,11-13,15-20,23,29,33-34,41,43H,10,14,21-22,24-27H2,1-8H3/b28-17+,35-9+,37-19+. The SMILES string of the molecule is C\C=C(OCCCOC)/C(=C\C=C(/C)CN(C)CC(C)N1CC(=O)N2C(CC3=C(NC4C=CC=CC=C34)C2c2ccc(OC)c(OC)c2)C1=O)OCC. The quantitative estimate of drug-likeness (QED) is 0.125. The Morgan fingerprint density at radius 3 is 2.55 bits per heavy atom. The van der Waals surface area contributed by atoms with E-state index in [0.29, 0.717) is 62.3 Å². The topological polar surface area (TPSA) is 102 Å². The number of allylic oxidation sites excluding steroid dienone is 7. The monoisotopic (exact) mass is 728 g/mol. The lowest BCUT2D eigenvalue weighted by Crippen LogP contribution is -2.64. The van der Waals surface area contributed by atoms with Crippen molar-refractivity contribution >= 4 is 11.8 Å². The Bertz CT molecular complexity index is 1720. The van der Waals surface area contributed by atoms with Gasteiger partial charge in [-0.05, 0) is 75.7 Å². The highest BCUT2D eigenvalue weighted by molar-refractivity contribution is 5.96. The second-order valence-corrected chi connectivity index (χ2v) is 13.8. The van der Waals surface area contributed by atoms with E-state index in [1.165, 1.54) is 0 Å². The highest BCUT2D eigenvalue weighted by Crippen LogP contribution is 2.47. The number of likely N-dealkylation sites (N-methyl/N-ethyl adjacent to an activating group) is 1. The molecule has 11 heteroatoms. The summed E-state index contributed by atoms with van der Waals surface area (Å²) in [5.74, 6) is 2.43. The van der Waals surface area contributed by atoms with Crippen LogP contribution in [0.3, 0.4) is 0 Å². The number of carbonyl (C=O) groups excluding carboxylic acids is 2. The maximum absolute atomic E-state index is 14.5. The van der Waals surface area contributed by atoms with Gasteiger partial charge in [-0.2, -0.15) is 0 Å². The van der Waals surface area contributed by atoms with Crippen LogP contribution in [0.5, 0.6) is 11.5 Å². The first-order valence-corrected chi connectivity index (χ1v) is 18.5. The van der Waals surface area contributed by atoms with E-state index in [0.717, 1.165) is 34.4 Å². The van der Waals surface area contributed by atoms with E-state index >= 15 is 0 Å². The Hall–Kier alpha value is -4.74. The summed E-state index contributed by atoms with van der Waals surface area (Å²) < 4.78 is 28.2. The zero-order valence-electron chi connectivity index (χ0n) is 32.5. The number of fused-ring (bicyclic) bond motifs is 3. The first-order chi connectivity index (χ1) is 25.6. The minimum atomic E-state index is -0.639. The minimum absolute atomic E-state index is 0.0112. The van der Waals surface area contributed by atoms with E-state index in [9.17, 15) is 9.59 Å². The third-order valence-electron chi connectivity index (χ3n) is 9.99. The fourth-order valence-electron chi connectivity index (χ4n) is 7.61. The van der Waals surface area contributed by atoms with E-state index in [4.69, 9.17) is 23.7 Å². The molecule has 4 atom stereocenters. The summed E-state index contributed by atoms with van der Waals surface area (Å²) in [7, 11) is 6.92. The minimum Gasteiger partial charge on any atom is -0.493 e. The lowest BCUT2D eigenvalue weighted by atomic mass is 9.84. The molecule has 3 heterocycles. The van der Waals surface area contributed by atoms with Gasteiger partial charge in [0.15, 0.2) is 23.0 Å². The zero-order valence-corrected chi connectivity index (χ0v) is 32.5. The van der Waals surface area contributed by atoms with Gasteiger partial charge in [-0.3, -0.25) is 9.59 Å². The van der Waals surface area contributed by atoms with Crippen LogP contribution in [0.25, 0.3) is 0 Å². The largest absolute Gasteiger partial charge is 0.493 e. The van der Waals surface area contributed by atoms with Crippen LogP contribution in [0.15, 0.2) is 101 Å². The van der Waals surface area contributed by atoms with E-state index in [1.54, 1.807) is 31.1 Å². The highest BCUT2D eigenvalue weighted by Gasteiger charge is 2.51. The summed E-state index contributed by atoms with van der Waals surface area (Å²) in [4.78, 5) is 34.6. The Morgan fingerprint density at radius 1 is 1.04 bits per heavy atom. The molecular weight excluding hydrogens is 672 g/mol. The number of hydrogen-bond acceptors (Lipinski definition) is 9. The first kappa shape index (κ1) is 39.5. The number of amides is 2. The molecule has 0 saturated carbocycles. The number of methoxy groups -OCH3 is 3. The van der Waals surface area contributed by atoms with E-state index in [-0.39, 0.29) is 30.4 Å². The molecule has 1 fully saturated rings. The molecule has 1 aliphatic carbocycles. The van der Waals surface area contributed by atoms with Gasteiger partial charge in [0.1, 0.15) is 12.6 Å². The summed E-state index contributed by atoms with van der Waals surface area (Å²) in [5, 5.41) is 3.70. The van der Waals surface area contributed by atoms with Crippen LogP contribution in [0.4, 0.5) is 0 Å². The lowest BCUT2D eigenvalue weighted by molar-refractivity contribution is -0.160. The molecular formula is C42H56N4O7. The van der Waals surface area contributed by atoms with Gasteiger partial charge in [-0.25, -0.2) is 0 Å². The number of rotatable bonds is 17. The van der Waals surface area contributed by atoms with Crippen LogP contribution < -0.4 is 14.8 Å². The maximum Gasteiger partial charge on any atom is 0.246 e. The smallest absolute Gasteiger partial charge is 0.246 e. The molecule has 286 valence electrons. The fraction of sp³-hybridized carbons (Fsp3) is 0.476. The number of carbonyl (C=O) groups is 2. The molecule has 4 unspecified atom stereocenters. The van der Waals surface area contributed by atoms with Gasteiger partial charge in [0.25, 0.3) is 0 Å². The summed E-state index contributed by atoms with van der Waals surface area (Å²) >= 11 is 0. The molecule has 0 bridgehead atoms. The van der Waals surface area contributed by atoms with Gasteiger partial charge in [0.2, 0.25) is 11.8 Å². The van der Waals surface area contributed by atoms with Crippen molar-refractivity contribution in [1.82, 2.24) is 20.0 Å². The Kier molecular flexibility index (Phi) is 13.7. The van der Waals surface area contributed by atoms with Gasteiger partial charge in [0.05, 0.1) is 39.5 Å². The van der Waals surface area contributed by atoms with Crippen molar-refractivity contribution in [3.8, 4) is 11.5 Å². The Balaban J connectivity index is 1.33. The van der Waals surface area contributed by atoms with Crippen LogP contribution in [0, 0.1) is 0 Å². The Morgan fingerprint density at radius 2 is 1.83 bits per heavy atom. The van der Waals surface area contributed by atoms with E-state index < -0.39 is 12.1 Å². The van der Waals surface area contributed by atoms with Crippen molar-refractivity contribution in [2.45, 2.75) is 64.7 Å². The first-order valence-electron chi connectivity index (χ1n) is 18.5. The molecule has 1 aromatic rings. The van der Waals surface area contributed by atoms with Crippen LogP contribution >= 0.6 is 0 Å². The van der Waals surface area contributed by atoms with Crippen LogP contribution in [-0.2, 0) is 23.8 Å². The summed E-state index contributed by atoms with van der Waals surface area (Å²) in [5.41, 5.74) is 5.14. The van der Waals surface area contributed by atoms with Crippen molar-refractivity contribution < 1.29 is 33.3 Å². The number of hydrogen-bond donors (Lipinski definition) is 1. The molecule has 0 aromatic heterocycles. The summed E-state index contributed by atoms with van der Waals surface area (Å²) in [6, 6.07) is 4.38. The van der Waals surface area contributed by atoms with Crippen molar-refractivity contribution in [3.63, 3.8) is 0 Å². The number of benzene rings is 1. The van der Waals surface area contributed by atoms with E-state index in [1.807, 2.05) is 82.5 Å². The van der Waals surface area contributed by atoms with Crippen molar-refractivity contribution in [2.24, 2.45) is 0 Å². The fourth-order valence-corrected chi connectivity index (χ4v) is 7.61. The van der Waals surface area contributed by atoms with Crippen LogP contribution in [-0.4, -0.2) is 112 Å². The van der Waals surface area contributed by atoms with Crippen molar-refractivity contribution in [3.05, 3.63) is 106 Å². The van der Waals surface area contributed by atoms with Gasteiger partial charge >= 0.3 is 0 Å². The molecule has 1 N–H and O–H groups in total. The van der Waals surface area contributed by atoms with Gasteiger partial charge in [0, 0.05) is 51.4 Å². The summed E-state index contributed by atoms with van der Waals surface area (Å²) in [6.45, 7) is 11.0. The van der Waals surface area contributed by atoms with Gasteiger partial charge in [-0.15, -0.1) is 0 Å². The average Bonchev–Trinajstić information content (AvgIpc) is 3.32. The molecule has 0 radical (unpaired) electrons. The van der Waals surface area contributed by atoms with E-state index in [2.05, 4.69) is 29.3 Å². The molecule has 2 amide bonds. The third kappa shape index (κ3) is 8.91. The van der Waals surface area contributed by atoms with Crippen LogP contribution in [0.1, 0.15) is 52.1 Å². The molecule has 11 nitrogen and oxygen atoms in total. The van der Waals surface area contributed by atoms with Crippen molar-refractivity contribution in [2.75, 3.05) is 67.8 Å². The maximum atomic E-state index is 14.5. The van der Waals surface area contributed by atoms with Crippen molar-refractivity contribution in [1.29, 1.82) is 0 Å². The number of ether oxygens (including phenoxy) is 5. The highest BCUT2D eigenvalue weighted by atomic mass is 16.5. The number of nitrogens with zero attached hydrogens (tertiary/aromatic N) is 3. The molecule has 1 aromatic carbocycles. The van der Waals surface area contributed by atoms with Gasteiger partial charge in [-0.1, -0.05) is 48.1 Å². The molecule has 3 aliphatic heterocycles. The molecule has 5 rings (SSSR count). The molecule has 0 spiro atoms. The molecule has 53 heavy (non-hydrogen) atoms. The predicted molar refractivity (Wildman–Crippen MR) is 206 cm³/mol. The zero-order chi connectivity index (χ0) is 38.1. The second-order valence-electron chi connectivity index (χ2n) is 13.8. The lowest BCUT2D eigenvalue weighted by Gasteiger charge is -2.49. The third-order valence-corrected chi connectivity index (χ3v) is 9.99. The van der Waals surface area contributed by atoms with Gasteiger partial charge < -0.3 is 43.7 Å². The normalized spacial score (nSPS) is 22.2.